The van der Waals surface area contributed by atoms with Crippen LogP contribution >= 0.6 is 23.2 Å². The van der Waals surface area contributed by atoms with Gasteiger partial charge in [-0.3, -0.25) is 4.79 Å². The summed E-state index contributed by atoms with van der Waals surface area (Å²) in [5.74, 6) is -0.325. The molecule has 2 aromatic rings. The lowest BCUT2D eigenvalue weighted by molar-refractivity contribution is -0.128. The Hall–Kier alpha value is -1.72. The largest absolute Gasteiger partial charge is 0.423 e. The lowest BCUT2D eigenvalue weighted by atomic mass is 10.2. The fourth-order valence-corrected chi connectivity index (χ4v) is 2.41. The summed E-state index contributed by atoms with van der Waals surface area (Å²) >= 11 is 11.1. The molecule has 0 atom stereocenters. The lowest BCUT2D eigenvalue weighted by Crippen LogP contribution is -2.32. The number of halogens is 2. The van der Waals surface area contributed by atoms with Crippen LogP contribution in [0.15, 0.2) is 39.5 Å². The van der Waals surface area contributed by atoms with Crippen molar-refractivity contribution in [3.05, 3.63) is 40.8 Å². The zero-order valence-corrected chi connectivity index (χ0v) is 13.5. The van der Waals surface area contributed by atoms with Gasteiger partial charge in [0.05, 0.1) is 5.69 Å². The van der Waals surface area contributed by atoms with Crippen molar-refractivity contribution in [3.8, 4) is 0 Å². The van der Waals surface area contributed by atoms with Crippen molar-refractivity contribution >= 4 is 45.8 Å². The highest BCUT2D eigenvalue weighted by Crippen LogP contribution is 2.20. The summed E-state index contributed by atoms with van der Waals surface area (Å²) in [6.45, 7) is 1.11. The van der Waals surface area contributed by atoms with Gasteiger partial charge in [0.2, 0.25) is 0 Å². The second-order valence-corrected chi connectivity index (χ2v) is 5.91. The van der Waals surface area contributed by atoms with Gasteiger partial charge in [-0.05, 0) is 18.6 Å². The van der Waals surface area contributed by atoms with E-state index in [9.17, 15) is 9.59 Å². The summed E-state index contributed by atoms with van der Waals surface area (Å²) in [5.41, 5.74) is 0.853. The van der Waals surface area contributed by atoms with Gasteiger partial charge in [0, 0.05) is 31.6 Å². The molecule has 118 valence electrons. The number of hydrogen-bond acceptors (Lipinski definition) is 4. The number of anilines is 1. The van der Waals surface area contributed by atoms with Crippen molar-refractivity contribution in [1.82, 2.24) is 4.90 Å². The minimum absolute atomic E-state index is 0.325. The minimum Gasteiger partial charge on any atom is -0.423 e. The van der Waals surface area contributed by atoms with E-state index in [-0.39, 0.29) is 5.91 Å². The first-order chi connectivity index (χ1) is 10.5. The van der Waals surface area contributed by atoms with Crippen LogP contribution < -0.4 is 10.9 Å². The van der Waals surface area contributed by atoms with E-state index in [2.05, 4.69) is 5.32 Å². The van der Waals surface area contributed by atoms with E-state index >= 15 is 0 Å². The first kappa shape index (κ1) is 16.6. The molecule has 22 heavy (non-hydrogen) atoms. The molecule has 7 heteroatoms. The number of para-hydroxylation sites is 1. The maximum Gasteiger partial charge on any atom is 0.338 e. The van der Waals surface area contributed by atoms with Crippen molar-refractivity contribution in [2.24, 2.45) is 0 Å². The van der Waals surface area contributed by atoms with Crippen LogP contribution in [0.4, 0.5) is 5.69 Å². The second-order valence-electron chi connectivity index (χ2n) is 4.82. The van der Waals surface area contributed by atoms with Crippen LogP contribution in [-0.2, 0) is 4.79 Å². The highest BCUT2D eigenvalue weighted by molar-refractivity contribution is 6.53. The third-order valence-electron chi connectivity index (χ3n) is 3.20. The number of amides is 1. The van der Waals surface area contributed by atoms with E-state index in [0.29, 0.717) is 30.8 Å². The molecule has 1 aromatic carbocycles. The van der Waals surface area contributed by atoms with Crippen LogP contribution in [0.3, 0.4) is 0 Å². The van der Waals surface area contributed by atoms with Crippen molar-refractivity contribution in [1.29, 1.82) is 0 Å². The first-order valence-corrected chi connectivity index (χ1v) is 7.66. The molecule has 5 nitrogen and oxygen atoms in total. The van der Waals surface area contributed by atoms with Gasteiger partial charge in [-0.15, -0.1) is 0 Å². The quantitative estimate of drug-likeness (QED) is 0.498. The van der Waals surface area contributed by atoms with Crippen LogP contribution in [0.1, 0.15) is 6.42 Å². The van der Waals surface area contributed by atoms with Gasteiger partial charge in [-0.1, -0.05) is 35.3 Å². The maximum atomic E-state index is 11.5. The second kappa shape index (κ2) is 7.51. The van der Waals surface area contributed by atoms with Crippen molar-refractivity contribution in [2.75, 3.05) is 25.5 Å². The lowest BCUT2D eigenvalue weighted by Gasteiger charge is -2.18. The van der Waals surface area contributed by atoms with Crippen molar-refractivity contribution in [2.45, 2.75) is 11.3 Å². The van der Waals surface area contributed by atoms with Crippen molar-refractivity contribution < 1.29 is 9.21 Å². The molecule has 0 bridgehead atoms. The summed E-state index contributed by atoms with van der Waals surface area (Å²) in [7, 11) is 1.65. The van der Waals surface area contributed by atoms with Crippen LogP contribution in [0.2, 0.25) is 0 Å². The summed E-state index contributed by atoms with van der Waals surface area (Å²) in [6.07, 6.45) is 0.692. The minimum atomic E-state index is -1.04. The number of carbonyl (C=O) groups is 1. The Balaban J connectivity index is 1.95. The number of nitrogens with zero attached hydrogens (tertiary/aromatic N) is 1. The molecule has 0 aliphatic heterocycles. The molecule has 1 heterocycles. The molecule has 0 fully saturated rings. The van der Waals surface area contributed by atoms with Gasteiger partial charge >= 0.3 is 5.63 Å². The Labute approximate surface area is 137 Å². The predicted octanol–water partition coefficient (Wildman–Crippen LogP) is 2.86. The van der Waals surface area contributed by atoms with Gasteiger partial charge in [-0.2, -0.15) is 0 Å². The summed E-state index contributed by atoms with van der Waals surface area (Å²) in [5, 5.41) is 4.03. The van der Waals surface area contributed by atoms with Crippen molar-refractivity contribution in [3.63, 3.8) is 0 Å². The molecule has 0 saturated heterocycles. The van der Waals surface area contributed by atoms with E-state index in [1.165, 1.54) is 11.0 Å². The number of rotatable bonds is 6. The monoisotopic (exact) mass is 342 g/mol. The Morgan fingerprint density at radius 1 is 1.36 bits per heavy atom. The highest BCUT2D eigenvalue weighted by atomic mass is 35.5. The zero-order valence-electron chi connectivity index (χ0n) is 12.0. The Kier molecular flexibility index (Phi) is 5.69. The molecule has 0 unspecified atom stereocenters. The number of benzene rings is 1. The molecule has 0 saturated carbocycles. The van der Waals surface area contributed by atoms with Crippen LogP contribution in [0, 0.1) is 0 Å². The Bertz CT molecular complexity index is 715. The first-order valence-electron chi connectivity index (χ1n) is 6.79. The molecule has 2 rings (SSSR count). The van der Waals surface area contributed by atoms with Crippen LogP contribution in [0.25, 0.3) is 11.0 Å². The molecule has 1 aromatic heterocycles. The van der Waals surface area contributed by atoms with Crippen LogP contribution in [0.5, 0.6) is 0 Å². The molecule has 0 aliphatic rings. The van der Waals surface area contributed by atoms with Gasteiger partial charge in [0.25, 0.3) is 5.91 Å². The van der Waals surface area contributed by atoms with E-state index in [1.807, 2.05) is 18.2 Å². The van der Waals surface area contributed by atoms with Gasteiger partial charge < -0.3 is 14.6 Å². The zero-order chi connectivity index (χ0) is 16.1. The average Bonchev–Trinajstić information content (AvgIpc) is 2.50. The maximum absolute atomic E-state index is 11.5. The summed E-state index contributed by atoms with van der Waals surface area (Å²) < 4.78 is 5.13. The third-order valence-corrected chi connectivity index (χ3v) is 3.57. The molecular weight excluding hydrogens is 327 g/mol. The van der Waals surface area contributed by atoms with Gasteiger partial charge in [0.1, 0.15) is 5.58 Å². The van der Waals surface area contributed by atoms with Gasteiger partial charge in [0.15, 0.2) is 4.84 Å². The summed E-state index contributed by atoms with van der Waals surface area (Å²) in [4.78, 5) is 23.5. The van der Waals surface area contributed by atoms with E-state index in [4.69, 9.17) is 27.6 Å². The molecule has 1 amide bonds. The molecule has 0 radical (unpaired) electrons. The SMILES string of the molecule is CN(CCCNc1cc(=O)oc2ccccc12)C(=O)C(Cl)Cl. The topological polar surface area (TPSA) is 62.6 Å². The summed E-state index contributed by atoms with van der Waals surface area (Å²) in [6, 6.07) is 8.73. The Morgan fingerprint density at radius 3 is 2.82 bits per heavy atom. The number of fused-ring (bicyclic) bond motifs is 1. The highest BCUT2D eigenvalue weighted by Gasteiger charge is 2.15. The normalized spacial score (nSPS) is 10.9. The van der Waals surface area contributed by atoms with Gasteiger partial charge in [-0.25, -0.2) is 4.79 Å². The molecule has 0 spiro atoms. The number of nitrogens with one attached hydrogen (secondary N) is 1. The smallest absolute Gasteiger partial charge is 0.338 e. The fraction of sp³-hybridized carbons (Fsp3) is 0.333. The molecule has 1 N–H and O–H groups in total. The number of hydrogen-bond donors (Lipinski definition) is 1. The predicted molar refractivity (Wildman–Crippen MR) is 88.7 cm³/mol. The molecular formula is C15H16Cl2N2O3. The fourth-order valence-electron chi connectivity index (χ4n) is 2.07. The third kappa shape index (κ3) is 4.15. The van der Waals surface area contributed by atoms with E-state index < -0.39 is 10.5 Å². The Morgan fingerprint density at radius 2 is 2.09 bits per heavy atom. The standard InChI is InChI=1S/C15H16Cl2N2O3/c1-19(15(21)14(16)17)8-4-7-18-11-9-13(20)22-12-6-3-2-5-10(11)12/h2-3,5-6,9,14,18H,4,7-8H2,1H3. The van der Waals surface area contributed by atoms with E-state index in [1.54, 1.807) is 13.1 Å². The number of carbonyl (C=O) groups excluding carboxylic acids is 1. The number of alkyl halides is 2. The molecule has 0 aliphatic carbocycles. The average molecular weight is 343 g/mol. The van der Waals surface area contributed by atoms with Crippen LogP contribution in [-0.4, -0.2) is 35.8 Å². The van der Waals surface area contributed by atoms with E-state index in [0.717, 1.165) is 5.39 Å².